The molecule has 1 amide bonds. The Bertz CT molecular complexity index is 243. The number of nitrogens with one attached hydrogen (secondary N) is 1. The lowest BCUT2D eigenvalue weighted by Crippen LogP contribution is -2.47. The molecule has 1 unspecified atom stereocenters. The van der Waals surface area contributed by atoms with E-state index in [1.165, 1.54) is 0 Å². The summed E-state index contributed by atoms with van der Waals surface area (Å²) in [5.74, 6) is 0.510. The number of amides is 1. The van der Waals surface area contributed by atoms with Crippen LogP contribution in [-0.4, -0.2) is 42.5 Å². The van der Waals surface area contributed by atoms with Gasteiger partial charge in [0.1, 0.15) is 0 Å². The van der Waals surface area contributed by atoms with Crippen LogP contribution in [0.3, 0.4) is 0 Å². The zero-order valence-electron chi connectivity index (χ0n) is 12.1. The topological polar surface area (TPSA) is 58.4 Å². The smallest absolute Gasteiger partial charge is 0.220 e. The van der Waals surface area contributed by atoms with E-state index < -0.39 is 0 Å². The third-order valence-electron chi connectivity index (χ3n) is 4.01. The highest BCUT2D eigenvalue weighted by Gasteiger charge is 2.22. The van der Waals surface area contributed by atoms with Crippen LogP contribution in [0, 0.1) is 5.92 Å². The van der Waals surface area contributed by atoms with Gasteiger partial charge < -0.3 is 16.0 Å². The van der Waals surface area contributed by atoms with Gasteiger partial charge in [-0.2, -0.15) is 0 Å². The summed E-state index contributed by atoms with van der Waals surface area (Å²) < 4.78 is 0. The summed E-state index contributed by atoms with van der Waals surface area (Å²) in [6, 6.07) is 0.978. The standard InChI is InChI=1S/C14H29N3O/c1-4-12(10-15)9-14(18)16-13-5-7-17(8-6-13)11(2)3/h11-13H,4-10,15H2,1-3H3,(H,16,18). The third-order valence-corrected chi connectivity index (χ3v) is 4.01. The Hall–Kier alpha value is -0.610. The Kier molecular flexibility index (Phi) is 6.65. The maximum absolute atomic E-state index is 11.9. The minimum absolute atomic E-state index is 0.176. The molecule has 4 heteroatoms. The lowest BCUT2D eigenvalue weighted by atomic mass is 10.00. The maximum Gasteiger partial charge on any atom is 0.220 e. The molecule has 0 spiro atoms. The molecule has 1 rings (SSSR count). The molecule has 0 aromatic carbocycles. The minimum atomic E-state index is 0.176. The average Bonchev–Trinajstić information content (AvgIpc) is 2.36. The van der Waals surface area contributed by atoms with E-state index in [4.69, 9.17) is 5.73 Å². The molecule has 0 bridgehead atoms. The number of hydrogen-bond donors (Lipinski definition) is 2. The van der Waals surface area contributed by atoms with Crippen molar-refractivity contribution in [2.24, 2.45) is 11.7 Å². The van der Waals surface area contributed by atoms with Gasteiger partial charge >= 0.3 is 0 Å². The van der Waals surface area contributed by atoms with Crippen molar-refractivity contribution in [2.75, 3.05) is 19.6 Å². The van der Waals surface area contributed by atoms with E-state index in [1.54, 1.807) is 0 Å². The van der Waals surface area contributed by atoms with Gasteiger partial charge in [0.25, 0.3) is 0 Å². The van der Waals surface area contributed by atoms with Gasteiger partial charge in [-0.3, -0.25) is 4.79 Å². The van der Waals surface area contributed by atoms with E-state index in [0.717, 1.165) is 32.4 Å². The predicted molar refractivity (Wildman–Crippen MR) is 75.3 cm³/mol. The number of rotatable bonds is 6. The molecule has 18 heavy (non-hydrogen) atoms. The largest absolute Gasteiger partial charge is 0.353 e. The van der Waals surface area contributed by atoms with Gasteiger partial charge in [0.2, 0.25) is 5.91 Å². The molecular formula is C14H29N3O. The number of carbonyl (C=O) groups excluding carboxylic acids is 1. The van der Waals surface area contributed by atoms with Gasteiger partial charge in [-0.15, -0.1) is 0 Å². The zero-order chi connectivity index (χ0) is 13.5. The number of nitrogens with zero attached hydrogens (tertiary/aromatic N) is 1. The molecule has 4 nitrogen and oxygen atoms in total. The first-order valence-electron chi connectivity index (χ1n) is 7.30. The third kappa shape index (κ3) is 4.94. The van der Waals surface area contributed by atoms with Crippen LogP contribution in [-0.2, 0) is 4.79 Å². The summed E-state index contributed by atoms with van der Waals surface area (Å²) in [6.07, 6.45) is 3.71. The highest BCUT2D eigenvalue weighted by Crippen LogP contribution is 2.14. The molecular weight excluding hydrogens is 226 g/mol. The summed E-state index contributed by atoms with van der Waals surface area (Å²) in [6.45, 7) is 9.34. The first-order valence-corrected chi connectivity index (χ1v) is 7.30. The van der Waals surface area contributed by atoms with Crippen LogP contribution in [0.4, 0.5) is 0 Å². The number of carbonyl (C=O) groups is 1. The van der Waals surface area contributed by atoms with E-state index in [2.05, 4.69) is 31.0 Å². The normalized spacial score (nSPS) is 20.1. The van der Waals surface area contributed by atoms with Crippen LogP contribution in [0.15, 0.2) is 0 Å². The van der Waals surface area contributed by atoms with E-state index in [0.29, 0.717) is 31.0 Å². The van der Waals surface area contributed by atoms with Gasteiger partial charge in [0.05, 0.1) is 0 Å². The fourth-order valence-corrected chi connectivity index (χ4v) is 2.50. The van der Waals surface area contributed by atoms with Gasteiger partial charge in [-0.1, -0.05) is 13.3 Å². The van der Waals surface area contributed by atoms with Crippen LogP contribution in [0.5, 0.6) is 0 Å². The highest BCUT2D eigenvalue weighted by atomic mass is 16.1. The first-order chi connectivity index (χ1) is 8.56. The average molecular weight is 255 g/mol. The Morgan fingerprint density at radius 1 is 1.39 bits per heavy atom. The summed E-state index contributed by atoms with van der Waals surface area (Å²) >= 11 is 0. The molecule has 1 aliphatic heterocycles. The van der Waals surface area contributed by atoms with Crippen LogP contribution in [0.25, 0.3) is 0 Å². The van der Waals surface area contributed by atoms with Crippen molar-refractivity contribution in [1.82, 2.24) is 10.2 Å². The Morgan fingerprint density at radius 3 is 2.44 bits per heavy atom. The predicted octanol–water partition coefficient (Wildman–Crippen LogP) is 1.35. The molecule has 0 radical (unpaired) electrons. The molecule has 0 aromatic rings. The SMILES string of the molecule is CCC(CN)CC(=O)NC1CCN(C(C)C)CC1. The summed E-state index contributed by atoms with van der Waals surface area (Å²) in [5.41, 5.74) is 5.63. The maximum atomic E-state index is 11.9. The van der Waals surface area contributed by atoms with Crippen molar-refractivity contribution in [2.45, 2.75) is 58.5 Å². The van der Waals surface area contributed by atoms with Crippen molar-refractivity contribution in [3.8, 4) is 0 Å². The van der Waals surface area contributed by atoms with Gasteiger partial charge in [0.15, 0.2) is 0 Å². The van der Waals surface area contributed by atoms with Crippen LogP contribution in [0.2, 0.25) is 0 Å². The van der Waals surface area contributed by atoms with E-state index in [-0.39, 0.29) is 5.91 Å². The molecule has 0 saturated carbocycles. The van der Waals surface area contributed by atoms with Gasteiger partial charge in [-0.05, 0) is 39.2 Å². The van der Waals surface area contributed by atoms with E-state index >= 15 is 0 Å². The molecule has 1 heterocycles. The van der Waals surface area contributed by atoms with E-state index in [1.807, 2.05) is 0 Å². The van der Waals surface area contributed by atoms with Crippen LogP contribution >= 0.6 is 0 Å². The van der Waals surface area contributed by atoms with Crippen molar-refractivity contribution in [3.63, 3.8) is 0 Å². The monoisotopic (exact) mass is 255 g/mol. The molecule has 0 aliphatic carbocycles. The fraction of sp³-hybridized carbons (Fsp3) is 0.929. The number of hydrogen-bond acceptors (Lipinski definition) is 3. The molecule has 3 N–H and O–H groups in total. The van der Waals surface area contributed by atoms with Crippen LogP contribution < -0.4 is 11.1 Å². The van der Waals surface area contributed by atoms with Gasteiger partial charge in [0, 0.05) is 31.6 Å². The number of piperidine rings is 1. The molecule has 1 saturated heterocycles. The summed E-state index contributed by atoms with van der Waals surface area (Å²) in [7, 11) is 0. The molecule has 1 atom stereocenters. The van der Waals surface area contributed by atoms with Crippen molar-refractivity contribution in [3.05, 3.63) is 0 Å². The Labute approximate surface area is 111 Å². The molecule has 1 aliphatic rings. The van der Waals surface area contributed by atoms with Crippen molar-refractivity contribution < 1.29 is 4.79 Å². The second-order valence-corrected chi connectivity index (χ2v) is 5.69. The first kappa shape index (κ1) is 15.4. The number of nitrogens with two attached hydrogens (primary N) is 1. The summed E-state index contributed by atoms with van der Waals surface area (Å²) in [4.78, 5) is 14.3. The zero-order valence-corrected chi connectivity index (χ0v) is 12.1. The minimum Gasteiger partial charge on any atom is -0.353 e. The lowest BCUT2D eigenvalue weighted by Gasteiger charge is -2.35. The summed E-state index contributed by atoms with van der Waals surface area (Å²) in [5, 5.41) is 3.16. The van der Waals surface area contributed by atoms with Crippen molar-refractivity contribution in [1.29, 1.82) is 0 Å². The quantitative estimate of drug-likeness (QED) is 0.753. The van der Waals surface area contributed by atoms with Crippen molar-refractivity contribution >= 4 is 5.91 Å². The second kappa shape index (κ2) is 7.74. The molecule has 0 aromatic heterocycles. The highest BCUT2D eigenvalue weighted by molar-refractivity contribution is 5.76. The number of likely N-dealkylation sites (tertiary alicyclic amines) is 1. The molecule has 1 fully saturated rings. The molecule has 106 valence electrons. The van der Waals surface area contributed by atoms with Crippen LogP contribution in [0.1, 0.15) is 46.5 Å². The fourth-order valence-electron chi connectivity index (χ4n) is 2.50. The van der Waals surface area contributed by atoms with E-state index in [9.17, 15) is 4.79 Å². The second-order valence-electron chi connectivity index (χ2n) is 5.69. The van der Waals surface area contributed by atoms with Gasteiger partial charge in [-0.25, -0.2) is 0 Å². The Morgan fingerprint density at radius 2 is 2.00 bits per heavy atom. The lowest BCUT2D eigenvalue weighted by molar-refractivity contribution is -0.123. The Balaban J connectivity index is 2.26.